The second-order valence-corrected chi connectivity index (χ2v) is 11.4. The lowest BCUT2D eigenvalue weighted by Gasteiger charge is -2.44. The minimum atomic E-state index is -0.602. The fraction of sp³-hybridized carbons (Fsp3) is 0.852. The Kier molecular flexibility index (Phi) is 7.60. The highest BCUT2D eigenvalue weighted by Gasteiger charge is 2.50. The molecule has 4 fully saturated rings. The number of rotatable bonds is 6. The molecule has 3 nitrogen and oxygen atoms in total. The molecular formula is C27H44FNO2. The molecule has 1 saturated heterocycles. The molecule has 4 rings (SSSR count). The van der Waals surface area contributed by atoms with Crippen LogP contribution >= 0.6 is 0 Å². The summed E-state index contributed by atoms with van der Waals surface area (Å²) >= 11 is 0. The molecule has 3 saturated carbocycles. The molecule has 1 aliphatic heterocycles. The Labute approximate surface area is 188 Å². The van der Waals surface area contributed by atoms with Crippen molar-refractivity contribution >= 4 is 0 Å². The SMILES string of the molecule is CC(CCCN1CCC(F)C1)[C@H]1CC[C@H]2C(=CC=C3C[C@@H](O)C[C@H](O)C3)CCC[C@]12C. The number of aliphatic hydroxyl groups is 2. The van der Waals surface area contributed by atoms with Gasteiger partial charge in [-0.1, -0.05) is 37.1 Å². The van der Waals surface area contributed by atoms with Gasteiger partial charge in [0.2, 0.25) is 0 Å². The largest absolute Gasteiger partial charge is 0.393 e. The van der Waals surface area contributed by atoms with Gasteiger partial charge < -0.3 is 15.1 Å². The molecule has 0 aromatic heterocycles. The second kappa shape index (κ2) is 10.1. The number of aliphatic hydroxyl groups excluding tert-OH is 2. The van der Waals surface area contributed by atoms with Crippen LogP contribution in [0.2, 0.25) is 0 Å². The molecule has 0 aromatic rings. The monoisotopic (exact) mass is 433 g/mol. The molecule has 31 heavy (non-hydrogen) atoms. The number of hydrogen-bond acceptors (Lipinski definition) is 3. The number of allylic oxidation sites excluding steroid dienone is 3. The Morgan fingerprint density at radius 2 is 1.94 bits per heavy atom. The summed E-state index contributed by atoms with van der Waals surface area (Å²) in [4.78, 5) is 2.31. The lowest BCUT2D eigenvalue weighted by Crippen LogP contribution is -2.36. The fourth-order valence-electron chi connectivity index (χ4n) is 7.57. The molecule has 1 heterocycles. The molecule has 4 aliphatic rings. The lowest BCUT2D eigenvalue weighted by molar-refractivity contribution is 0.0609. The zero-order valence-corrected chi connectivity index (χ0v) is 19.7. The van der Waals surface area contributed by atoms with Gasteiger partial charge in [-0.05, 0) is 100 Å². The minimum absolute atomic E-state index is 0.391. The predicted molar refractivity (Wildman–Crippen MR) is 125 cm³/mol. The van der Waals surface area contributed by atoms with E-state index in [0.29, 0.717) is 37.1 Å². The van der Waals surface area contributed by atoms with Crippen molar-refractivity contribution in [3.63, 3.8) is 0 Å². The van der Waals surface area contributed by atoms with Crippen molar-refractivity contribution in [3.8, 4) is 0 Å². The number of nitrogens with zero attached hydrogens (tertiary/aromatic N) is 1. The summed E-state index contributed by atoms with van der Waals surface area (Å²) in [7, 11) is 0. The zero-order chi connectivity index (χ0) is 22.0. The molecule has 0 radical (unpaired) electrons. The van der Waals surface area contributed by atoms with Crippen molar-refractivity contribution in [2.24, 2.45) is 23.2 Å². The van der Waals surface area contributed by atoms with Crippen LogP contribution < -0.4 is 0 Å². The number of fused-ring (bicyclic) bond motifs is 1. The van der Waals surface area contributed by atoms with Crippen LogP contribution in [0.1, 0.15) is 84.5 Å². The average Bonchev–Trinajstić information content (AvgIpc) is 3.28. The Morgan fingerprint density at radius 3 is 2.65 bits per heavy atom. The van der Waals surface area contributed by atoms with E-state index in [0.717, 1.165) is 31.3 Å². The van der Waals surface area contributed by atoms with Gasteiger partial charge in [0.05, 0.1) is 12.2 Å². The van der Waals surface area contributed by atoms with Crippen molar-refractivity contribution in [2.75, 3.05) is 19.6 Å². The first-order chi connectivity index (χ1) is 14.8. The molecule has 7 atom stereocenters. The first kappa shape index (κ1) is 23.4. The quantitative estimate of drug-likeness (QED) is 0.588. The molecule has 176 valence electrons. The Morgan fingerprint density at radius 1 is 1.16 bits per heavy atom. The average molecular weight is 434 g/mol. The van der Waals surface area contributed by atoms with Crippen LogP contribution in [0, 0.1) is 23.2 Å². The van der Waals surface area contributed by atoms with Gasteiger partial charge in [-0.2, -0.15) is 0 Å². The van der Waals surface area contributed by atoms with Gasteiger partial charge in [-0.25, -0.2) is 4.39 Å². The standard InChI is InChI=1S/C27H44FNO2/c1-19(5-4-13-29-14-11-22(28)18-29)25-9-10-26-21(6-3-12-27(25,26)2)8-7-20-15-23(30)17-24(31)16-20/h7-8,19,22-26,30-31H,3-6,9-18H2,1-2H3/t19?,22?,23-,24-,25-,26+,27-/m1/s1. The Balaban J connectivity index is 1.35. The summed E-state index contributed by atoms with van der Waals surface area (Å²) < 4.78 is 13.4. The molecule has 0 spiro atoms. The van der Waals surface area contributed by atoms with Crippen LogP contribution in [0.4, 0.5) is 4.39 Å². The van der Waals surface area contributed by atoms with E-state index in [1.807, 2.05) is 0 Å². The molecule has 4 heteroatoms. The Hall–Kier alpha value is -0.710. The van der Waals surface area contributed by atoms with Crippen molar-refractivity contribution in [1.29, 1.82) is 0 Å². The summed E-state index contributed by atoms with van der Waals surface area (Å²) in [5, 5.41) is 20.0. The molecular weight excluding hydrogens is 389 g/mol. The maximum absolute atomic E-state index is 13.4. The van der Waals surface area contributed by atoms with E-state index in [1.54, 1.807) is 5.57 Å². The van der Waals surface area contributed by atoms with Gasteiger partial charge >= 0.3 is 0 Å². The maximum Gasteiger partial charge on any atom is 0.114 e. The minimum Gasteiger partial charge on any atom is -0.393 e. The van der Waals surface area contributed by atoms with Crippen LogP contribution in [0.25, 0.3) is 0 Å². The smallest absolute Gasteiger partial charge is 0.114 e. The van der Waals surface area contributed by atoms with Gasteiger partial charge in [0.15, 0.2) is 0 Å². The van der Waals surface area contributed by atoms with E-state index in [1.165, 1.54) is 50.5 Å². The molecule has 3 aliphatic carbocycles. The van der Waals surface area contributed by atoms with Gasteiger partial charge in [0.25, 0.3) is 0 Å². The van der Waals surface area contributed by atoms with E-state index in [2.05, 4.69) is 30.9 Å². The highest BCUT2D eigenvalue weighted by atomic mass is 19.1. The first-order valence-electron chi connectivity index (χ1n) is 13.0. The third kappa shape index (κ3) is 5.45. The molecule has 0 amide bonds. The third-order valence-electron chi connectivity index (χ3n) is 9.15. The highest BCUT2D eigenvalue weighted by molar-refractivity contribution is 5.26. The van der Waals surface area contributed by atoms with Crippen molar-refractivity contribution in [1.82, 2.24) is 4.90 Å². The summed E-state index contributed by atoms with van der Waals surface area (Å²) in [5.74, 6) is 2.22. The van der Waals surface area contributed by atoms with E-state index >= 15 is 0 Å². The predicted octanol–water partition coefficient (Wildman–Crippen LogP) is 5.42. The van der Waals surface area contributed by atoms with E-state index < -0.39 is 18.4 Å². The number of hydrogen-bond donors (Lipinski definition) is 2. The molecule has 0 aromatic carbocycles. The normalized spacial score (nSPS) is 41.5. The van der Waals surface area contributed by atoms with E-state index in [9.17, 15) is 14.6 Å². The third-order valence-corrected chi connectivity index (χ3v) is 9.15. The van der Waals surface area contributed by atoms with Gasteiger partial charge in [0, 0.05) is 13.1 Å². The van der Waals surface area contributed by atoms with Crippen LogP contribution in [0.5, 0.6) is 0 Å². The van der Waals surface area contributed by atoms with Gasteiger partial charge in [0.1, 0.15) is 6.17 Å². The highest BCUT2D eigenvalue weighted by Crippen LogP contribution is 2.59. The fourth-order valence-corrected chi connectivity index (χ4v) is 7.57. The molecule has 2 unspecified atom stereocenters. The van der Waals surface area contributed by atoms with Gasteiger partial charge in [-0.15, -0.1) is 0 Å². The van der Waals surface area contributed by atoms with Crippen molar-refractivity contribution in [3.05, 3.63) is 23.3 Å². The van der Waals surface area contributed by atoms with Crippen LogP contribution in [-0.4, -0.2) is 53.1 Å². The second-order valence-electron chi connectivity index (χ2n) is 11.4. The Bertz CT molecular complexity index is 664. The summed E-state index contributed by atoms with van der Waals surface area (Å²) in [6.07, 6.45) is 14.8. The van der Waals surface area contributed by atoms with E-state index in [4.69, 9.17) is 0 Å². The number of halogens is 1. The van der Waals surface area contributed by atoms with Crippen LogP contribution in [0.15, 0.2) is 23.3 Å². The lowest BCUT2D eigenvalue weighted by atomic mass is 9.60. The van der Waals surface area contributed by atoms with E-state index in [-0.39, 0.29) is 0 Å². The summed E-state index contributed by atoms with van der Waals surface area (Å²) in [6.45, 7) is 7.67. The molecule has 2 N–H and O–H groups in total. The van der Waals surface area contributed by atoms with Crippen LogP contribution in [0.3, 0.4) is 0 Å². The summed E-state index contributed by atoms with van der Waals surface area (Å²) in [5.41, 5.74) is 3.22. The topological polar surface area (TPSA) is 43.7 Å². The summed E-state index contributed by atoms with van der Waals surface area (Å²) in [6, 6.07) is 0. The van der Waals surface area contributed by atoms with Crippen molar-refractivity contribution in [2.45, 2.75) is 103 Å². The first-order valence-corrected chi connectivity index (χ1v) is 13.0. The van der Waals surface area contributed by atoms with Gasteiger partial charge in [-0.3, -0.25) is 0 Å². The van der Waals surface area contributed by atoms with Crippen LogP contribution in [-0.2, 0) is 0 Å². The molecule has 0 bridgehead atoms. The number of likely N-dealkylation sites (tertiary alicyclic amines) is 1. The zero-order valence-electron chi connectivity index (χ0n) is 19.7. The number of alkyl halides is 1. The van der Waals surface area contributed by atoms with Crippen molar-refractivity contribution < 1.29 is 14.6 Å². The maximum atomic E-state index is 13.4.